The van der Waals surface area contributed by atoms with Crippen LogP contribution in [-0.4, -0.2) is 12.6 Å². The lowest BCUT2D eigenvalue weighted by molar-refractivity contribution is 0.553. The van der Waals surface area contributed by atoms with Crippen molar-refractivity contribution in [2.45, 2.75) is 19.5 Å². The van der Waals surface area contributed by atoms with Gasteiger partial charge in [0.05, 0.1) is 5.02 Å². The Labute approximate surface area is 88.2 Å². The average Bonchev–Trinajstić information content (AvgIpc) is 2.19. The van der Waals surface area contributed by atoms with Crippen LogP contribution in [0.15, 0.2) is 18.2 Å². The Hall–Kier alpha value is -0.640. The van der Waals surface area contributed by atoms with Crippen molar-refractivity contribution in [1.82, 2.24) is 5.32 Å². The Morgan fingerprint density at radius 3 is 2.86 bits per heavy atom. The van der Waals surface area contributed by atoms with Gasteiger partial charge in [0.15, 0.2) is 0 Å². The molecule has 0 aliphatic heterocycles. The van der Waals surface area contributed by atoms with Crippen molar-refractivity contribution in [2.24, 2.45) is 5.73 Å². The van der Waals surface area contributed by atoms with Gasteiger partial charge in [-0.25, -0.2) is 4.39 Å². The number of nitrogens with two attached hydrogens (primary N) is 1. The normalized spacial score (nSPS) is 12.9. The first kappa shape index (κ1) is 11.4. The van der Waals surface area contributed by atoms with Crippen LogP contribution in [0.2, 0.25) is 5.02 Å². The number of benzene rings is 1. The van der Waals surface area contributed by atoms with E-state index in [0.29, 0.717) is 13.1 Å². The molecule has 0 fully saturated rings. The Kier molecular flexibility index (Phi) is 4.32. The summed E-state index contributed by atoms with van der Waals surface area (Å²) in [7, 11) is 0. The molecule has 4 heteroatoms. The minimum atomic E-state index is -0.383. The maximum Gasteiger partial charge on any atom is 0.142 e. The van der Waals surface area contributed by atoms with Gasteiger partial charge >= 0.3 is 0 Å². The minimum absolute atomic E-state index is 0.153. The summed E-state index contributed by atoms with van der Waals surface area (Å²) < 4.78 is 13.0. The molecule has 0 saturated carbocycles. The van der Waals surface area contributed by atoms with E-state index in [4.69, 9.17) is 17.3 Å². The van der Waals surface area contributed by atoms with Crippen molar-refractivity contribution >= 4 is 11.6 Å². The molecule has 0 aliphatic rings. The van der Waals surface area contributed by atoms with Gasteiger partial charge in [-0.05, 0) is 24.6 Å². The van der Waals surface area contributed by atoms with E-state index in [1.54, 1.807) is 12.1 Å². The molecule has 0 heterocycles. The van der Waals surface area contributed by atoms with Crippen LogP contribution in [0.3, 0.4) is 0 Å². The quantitative estimate of drug-likeness (QED) is 0.807. The maximum absolute atomic E-state index is 13.0. The Morgan fingerprint density at radius 1 is 1.57 bits per heavy atom. The molecule has 1 atom stereocenters. The molecule has 78 valence electrons. The molecular weight excluding hydrogens is 203 g/mol. The first-order valence-corrected chi connectivity index (χ1v) is 4.88. The van der Waals surface area contributed by atoms with Gasteiger partial charge in [-0.2, -0.15) is 0 Å². The van der Waals surface area contributed by atoms with Gasteiger partial charge in [0.25, 0.3) is 0 Å². The third-order valence-electron chi connectivity index (χ3n) is 1.99. The summed E-state index contributed by atoms with van der Waals surface area (Å²) in [6.07, 6.45) is 0. The van der Waals surface area contributed by atoms with Crippen molar-refractivity contribution in [2.75, 3.05) is 6.54 Å². The maximum atomic E-state index is 13.0. The van der Waals surface area contributed by atoms with Crippen molar-refractivity contribution in [1.29, 1.82) is 0 Å². The Balaban J connectivity index is 2.55. The summed E-state index contributed by atoms with van der Waals surface area (Å²) in [4.78, 5) is 0. The highest BCUT2D eigenvalue weighted by atomic mass is 35.5. The van der Waals surface area contributed by atoms with E-state index in [9.17, 15) is 4.39 Å². The van der Waals surface area contributed by atoms with E-state index in [1.807, 2.05) is 6.92 Å². The van der Waals surface area contributed by atoms with Crippen LogP contribution in [0.25, 0.3) is 0 Å². The van der Waals surface area contributed by atoms with Crippen molar-refractivity contribution in [3.63, 3.8) is 0 Å². The van der Waals surface area contributed by atoms with Crippen molar-refractivity contribution < 1.29 is 4.39 Å². The standard InChI is InChI=1S/C10H14ClFN2/c1-7(5-13)14-6-8-2-3-9(11)10(12)4-8/h2-4,7,14H,5-6,13H2,1H3. The van der Waals surface area contributed by atoms with E-state index in [-0.39, 0.29) is 16.9 Å². The predicted molar refractivity (Wildman–Crippen MR) is 56.8 cm³/mol. The second-order valence-corrected chi connectivity index (χ2v) is 3.67. The Bertz CT molecular complexity index is 304. The number of hydrogen-bond acceptors (Lipinski definition) is 2. The van der Waals surface area contributed by atoms with E-state index < -0.39 is 0 Å². The van der Waals surface area contributed by atoms with Crippen molar-refractivity contribution in [3.05, 3.63) is 34.6 Å². The number of halogens is 2. The fourth-order valence-electron chi connectivity index (χ4n) is 1.03. The highest BCUT2D eigenvalue weighted by Crippen LogP contribution is 2.15. The van der Waals surface area contributed by atoms with E-state index in [1.165, 1.54) is 6.07 Å². The van der Waals surface area contributed by atoms with Crippen LogP contribution >= 0.6 is 11.6 Å². The third kappa shape index (κ3) is 3.25. The summed E-state index contributed by atoms with van der Waals surface area (Å²) in [5.74, 6) is -0.383. The summed E-state index contributed by atoms with van der Waals surface area (Å²) in [5.41, 5.74) is 6.30. The van der Waals surface area contributed by atoms with Gasteiger partial charge in [-0.15, -0.1) is 0 Å². The fraction of sp³-hybridized carbons (Fsp3) is 0.400. The zero-order valence-electron chi connectivity index (χ0n) is 8.06. The molecule has 0 bridgehead atoms. The highest BCUT2D eigenvalue weighted by Gasteiger charge is 2.02. The van der Waals surface area contributed by atoms with Gasteiger partial charge < -0.3 is 11.1 Å². The van der Waals surface area contributed by atoms with Crippen LogP contribution in [0.4, 0.5) is 4.39 Å². The minimum Gasteiger partial charge on any atom is -0.329 e. The van der Waals surface area contributed by atoms with Gasteiger partial charge in [-0.3, -0.25) is 0 Å². The van der Waals surface area contributed by atoms with Gasteiger partial charge in [0, 0.05) is 19.1 Å². The molecule has 1 aromatic carbocycles. The average molecular weight is 217 g/mol. The van der Waals surface area contributed by atoms with E-state index in [2.05, 4.69) is 5.32 Å². The molecule has 14 heavy (non-hydrogen) atoms. The largest absolute Gasteiger partial charge is 0.329 e. The summed E-state index contributed by atoms with van der Waals surface area (Å²) in [6.45, 7) is 3.15. The molecule has 1 rings (SSSR count). The lowest BCUT2D eigenvalue weighted by atomic mass is 10.2. The Morgan fingerprint density at radius 2 is 2.29 bits per heavy atom. The lowest BCUT2D eigenvalue weighted by Gasteiger charge is -2.11. The lowest BCUT2D eigenvalue weighted by Crippen LogP contribution is -2.32. The molecule has 0 saturated heterocycles. The number of hydrogen-bond donors (Lipinski definition) is 2. The zero-order chi connectivity index (χ0) is 10.6. The second kappa shape index (κ2) is 5.29. The SMILES string of the molecule is CC(CN)NCc1ccc(Cl)c(F)c1. The first-order valence-electron chi connectivity index (χ1n) is 4.51. The summed E-state index contributed by atoms with van der Waals surface area (Å²) >= 11 is 5.56. The van der Waals surface area contributed by atoms with E-state index in [0.717, 1.165) is 5.56 Å². The second-order valence-electron chi connectivity index (χ2n) is 3.27. The third-order valence-corrected chi connectivity index (χ3v) is 2.30. The van der Waals surface area contributed by atoms with Gasteiger partial charge in [0.1, 0.15) is 5.82 Å². The van der Waals surface area contributed by atoms with E-state index >= 15 is 0 Å². The topological polar surface area (TPSA) is 38.0 Å². The molecule has 3 N–H and O–H groups in total. The van der Waals surface area contributed by atoms with Crippen LogP contribution < -0.4 is 11.1 Å². The van der Waals surface area contributed by atoms with Crippen LogP contribution in [-0.2, 0) is 6.54 Å². The molecule has 0 radical (unpaired) electrons. The molecule has 0 amide bonds. The van der Waals surface area contributed by atoms with Crippen LogP contribution in [0.5, 0.6) is 0 Å². The van der Waals surface area contributed by atoms with Crippen molar-refractivity contribution in [3.8, 4) is 0 Å². The number of nitrogens with one attached hydrogen (secondary N) is 1. The monoisotopic (exact) mass is 216 g/mol. The van der Waals surface area contributed by atoms with Crippen LogP contribution in [0.1, 0.15) is 12.5 Å². The first-order chi connectivity index (χ1) is 6.63. The molecule has 0 aromatic heterocycles. The molecule has 0 aliphatic carbocycles. The molecule has 1 aromatic rings. The van der Waals surface area contributed by atoms with Crippen LogP contribution in [0, 0.1) is 5.82 Å². The zero-order valence-corrected chi connectivity index (χ0v) is 8.81. The molecular formula is C10H14ClFN2. The molecule has 1 unspecified atom stereocenters. The number of rotatable bonds is 4. The molecule has 2 nitrogen and oxygen atoms in total. The fourth-order valence-corrected chi connectivity index (χ4v) is 1.14. The summed E-state index contributed by atoms with van der Waals surface area (Å²) in [6, 6.07) is 5.01. The molecule has 0 spiro atoms. The van der Waals surface area contributed by atoms with Gasteiger partial charge in [0.2, 0.25) is 0 Å². The summed E-state index contributed by atoms with van der Waals surface area (Å²) in [5, 5.41) is 3.31. The predicted octanol–water partition coefficient (Wildman–Crippen LogP) is 1.92. The van der Waals surface area contributed by atoms with Gasteiger partial charge in [-0.1, -0.05) is 17.7 Å². The highest BCUT2D eigenvalue weighted by molar-refractivity contribution is 6.30. The smallest absolute Gasteiger partial charge is 0.142 e.